The molecule has 68 valence electrons. The summed E-state index contributed by atoms with van der Waals surface area (Å²) in [6.07, 6.45) is 0. The molecule has 0 aliphatic heterocycles. The van der Waals surface area contributed by atoms with Crippen LogP contribution in [0.5, 0.6) is 0 Å². The molecule has 1 nitrogen and oxygen atoms in total. The molecule has 0 aliphatic carbocycles. The Labute approximate surface area is 120 Å². The fourth-order valence-electron chi connectivity index (χ4n) is 1.24. The first-order valence-electron chi connectivity index (χ1n) is 4.35. The van der Waals surface area contributed by atoms with E-state index in [-0.39, 0.29) is 43.5 Å². The molecule has 2 aromatic carbocycles. The van der Waals surface area contributed by atoms with Crippen LogP contribution in [0.4, 0.5) is 0 Å². The van der Waals surface area contributed by atoms with Crippen molar-refractivity contribution in [2.45, 2.75) is 0 Å². The minimum Gasteiger partial charge on any atom is -0.293 e. The maximum absolute atomic E-state index is 11.8. The summed E-state index contributed by atoms with van der Waals surface area (Å²) < 4.78 is 0. The van der Waals surface area contributed by atoms with Gasteiger partial charge in [-0.15, -0.1) is 0 Å². The molecule has 0 aromatic heterocycles. The van der Waals surface area contributed by atoms with Gasteiger partial charge < -0.3 is 0 Å². The largest absolute Gasteiger partial charge is 1.00 e. The van der Waals surface area contributed by atoms with Crippen molar-refractivity contribution in [3.8, 4) is 0 Å². The average molecular weight is 194 g/mol. The Morgan fingerprint density at radius 1 is 0.750 bits per heavy atom. The van der Waals surface area contributed by atoms with Crippen molar-refractivity contribution in [1.82, 2.24) is 0 Å². The first-order valence-corrected chi connectivity index (χ1v) is 4.35. The van der Waals surface area contributed by atoms with E-state index in [1.165, 1.54) is 0 Å². The van der Waals surface area contributed by atoms with Crippen LogP contribution in [0.1, 0.15) is 15.9 Å². The quantitative estimate of drug-likeness (QED) is 0.276. The number of hydrogen-bond donors (Lipinski definition) is 0. The van der Waals surface area contributed by atoms with Crippen LogP contribution in [-0.4, -0.2) is 5.78 Å². The molecule has 2 aromatic rings. The van der Waals surface area contributed by atoms with Crippen LogP contribution in [0.15, 0.2) is 48.5 Å². The molecule has 16 heavy (non-hydrogen) atoms. The minimum absolute atomic E-state index is 0. The maximum Gasteiger partial charge on any atom is 1.00 e. The normalized spacial score (nSPS) is 8.50. The third-order valence-electron chi connectivity index (χ3n) is 1.96. The molecule has 0 amide bonds. The zero-order valence-electron chi connectivity index (χ0n) is 9.53. The van der Waals surface area contributed by atoms with Gasteiger partial charge in [-0.1, -0.05) is 11.1 Å². The predicted molar refractivity (Wildman–Crippen MR) is 54.0 cm³/mol. The van der Waals surface area contributed by atoms with Gasteiger partial charge in [0.25, 0.3) is 0 Å². The molecule has 0 aliphatic rings. The van der Waals surface area contributed by atoms with E-state index in [0.717, 1.165) is 0 Å². The summed E-state index contributed by atoms with van der Waals surface area (Å²) in [6, 6.07) is 19.8. The van der Waals surface area contributed by atoms with E-state index in [9.17, 15) is 4.79 Å². The molecule has 0 atom stereocenters. The third kappa shape index (κ3) is 3.71. The Balaban J connectivity index is 0.00000112. The van der Waals surface area contributed by atoms with Crippen LogP contribution in [-0.2, 0) is 0 Å². The summed E-state index contributed by atoms with van der Waals surface area (Å²) in [6.45, 7) is 0. The van der Waals surface area contributed by atoms with Gasteiger partial charge in [0, 0.05) is 0 Å². The van der Waals surface area contributed by atoms with Crippen LogP contribution >= 0.6 is 0 Å². The van der Waals surface area contributed by atoms with Gasteiger partial charge in [-0.3, -0.25) is 4.79 Å². The Kier molecular flexibility index (Phi) is 7.23. The molecule has 0 radical (unpaired) electrons. The standard InChI is InChI=1S/C13H8O.2Li/c14-13(11-7-3-1-4-8-11)12-9-5-2-6-10-12;;/h3-10H;;/q-2;2*+1. The van der Waals surface area contributed by atoms with E-state index in [4.69, 9.17) is 0 Å². The van der Waals surface area contributed by atoms with Gasteiger partial charge >= 0.3 is 37.7 Å². The van der Waals surface area contributed by atoms with Crippen molar-refractivity contribution in [3.05, 3.63) is 71.8 Å². The monoisotopic (exact) mass is 194 g/mol. The number of benzene rings is 2. The van der Waals surface area contributed by atoms with Crippen LogP contribution < -0.4 is 37.7 Å². The molecule has 0 saturated heterocycles. The van der Waals surface area contributed by atoms with Gasteiger partial charge in [0.2, 0.25) is 0 Å². The summed E-state index contributed by atoms with van der Waals surface area (Å²) in [5, 5.41) is 0. The van der Waals surface area contributed by atoms with Crippen molar-refractivity contribution in [2.75, 3.05) is 0 Å². The van der Waals surface area contributed by atoms with Crippen LogP contribution in [0.2, 0.25) is 0 Å². The molecule has 0 saturated carbocycles. The molecule has 0 heterocycles. The Morgan fingerprint density at radius 3 is 1.38 bits per heavy atom. The van der Waals surface area contributed by atoms with Gasteiger partial charge in [0.05, 0.1) is 0 Å². The second-order valence-electron chi connectivity index (χ2n) is 2.91. The van der Waals surface area contributed by atoms with Gasteiger partial charge in [0.15, 0.2) is 0 Å². The minimum atomic E-state index is 0. The molecular weight excluding hydrogens is 186 g/mol. The van der Waals surface area contributed by atoms with Crippen molar-refractivity contribution in [3.63, 3.8) is 0 Å². The van der Waals surface area contributed by atoms with E-state index >= 15 is 0 Å². The van der Waals surface area contributed by atoms with Gasteiger partial charge in [-0.2, -0.15) is 60.7 Å². The van der Waals surface area contributed by atoms with Crippen LogP contribution in [0.25, 0.3) is 0 Å². The third-order valence-corrected chi connectivity index (χ3v) is 1.96. The van der Waals surface area contributed by atoms with Crippen molar-refractivity contribution in [1.29, 1.82) is 0 Å². The van der Waals surface area contributed by atoms with E-state index in [2.05, 4.69) is 12.1 Å². The molecule has 0 bridgehead atoms. The van der Waals surface area contributed by atoms with Gasteiger partial charge in [-0.25, -0.2) is 0 Å². The van der Waals surface area contributed by atoms with E-state index < -0.39 is 0 Å². The van der Waals surface area contributed by atoms with Gasteiger partial charge in [0.1, 0.15) is 5.78 Å². The molecule has 0 unspecified atom stereocenters. The molecule has 3 heteroatoms. The SMILES string of the molecule is O=C(c1cc[c-]cc1)c1cc[c-]cc1.[Li+].[Li+]. The summed E-state index contributed by atoms with van der Waals surface area (Å²) in [7, 11) is 0. The Morgan fingerprint density at radius 2 is 1.06 bits per heavy atom. The van der Waals surface area contributed by atoms with Gasteiger partial charge in [-0.05, 0) is 0 Å². The topological polar surface area (TPSA) is 17.1 Å². The van der Waals surface area contributed by atoms with E-state index in [0.29, 0.717) is 11.1 Å². The summed E-state index contributed by atoms with van der Waals surface area (Å²) in [5.74, 6) is 0.0352. The zero-order valence-corrected chi connectivity index (χ0v) is 9.53. The van der Waals surface area contributed by atoms with E-state index in [1.807, 2.05) is 0 Å². The van der Waals surface area contributed by atoms with E-state index in [1.54, 1.807) is 48.5 Å². The van der Waals surface area contributed by atoms with Crippen molar-refractivity contribution in [2.24, 2.45) is 0 Å². The number of carbonyl (C=O) groups excluding carboxylic acids is 1. The first kappa shape index (κ1) is 15.3. The molecule has 0 N–H and O–H groups in total. The van der Waals surface area contributed by atoms with Crippen LogP contribution in [0.3, 0.4) is 0 Å². The second-order valence-corrected chi connectivity index (χ2v) is 2.91. The fourth-order valence-corrected chi connectivity index (χ4v) is 1.24. The Bertz CT molecular complexity index is 385. The summed E-state index contributed by atoms with van der Waals surface area (Å²) in [4.78, 5) is 11.8. The number of hydrogen-bond acceptors (Lipinski definition) is 1. The summed E-state index contributed by atoms with van der Waals surface area (Å²) >= 11 is 0. The molecule has 2 rings (SSSR count). The maximum atomic E-state index is 11.8. The van der Waals surface area contributed by atoms with Crippen molar-refractivity contribution >= 4 is 5.78 Å². The van der Waals surface area contributed by atoms with Crippen molar-refractivity contribution < 1.29 is 42.5 Å². The fraction of sp³-hybridized carbons (Fsp3) is 0. The zero-order chi connectivity index (χ0) is 9.80. The number of carbonyl (C=O) groups is 1. The number of ketones is 1. The van der Waals surface area contributed by atoms with Crippen LogP contribution in [0, 0.1) is 12.1 Å². The average Bonchev–Trinajstić information content (AvgIpc) is 2.30. The predicted octanol–water partition coefficient (Wildman–Crippen LogP) is -3.47. The molecular formula is C13H8Li2O. The smallest absolute Gasteiger partial charge is 0.293 e. The molecule has 0 fully saturated rings. The second kappa shape index (κ2) is 7.56. The molecule has 0 spiro atoms. The number of rotatable bonds is 2. The Hall–Kier alpha value is -0.695. The summed E-state index contributed by atoms with van der Waals surface area (Å²) in [5.41, 5.74) is 1.38. The first-order chi connectivity index (χ1) is 6.88.